The first kappa shape index (κ1) is 13.4. The molecule has 0 aromatic heterocycles. The van der Waals surface area contributed by atoms with E-state index in [0.717, 1.165) is 5.56 Å². The molecule has 98 valence electrons. The molecule has 3 nitrogen and oxygen atoms in total. The molecule has 0 aliphatic heterocycles. The summed E-state index contributed by atoms with van der Waals surface area (Å²) in [7, 11) is 1.75. The number of benzene rings is 2. The highest BCUT2D eigenvalue weighted by Crippen LogP contribution is 2.17. The summed E-state index contributed by atoms with van der Waals surface area (Å²) >= 11 is 6.09. The minimum atomic E-state index is -0.0556. The van der Waals surface area contributed by atoms with Crippen LogP contribution < -0.4 is 5.73 Å². The molecule has 0 aliphatic carbocycles. The fourth-order valence-electron chi connectivity index (χ4n) is 1.80. The SMILES string of the molecule is CN(Cc1ccccc1Cl)C(=O)c1ccc(N)cc1. The van der Waals surface area contributed by atoms with Crippen LogP contribution in [0.15, 0.2) is 48.5 Å². The van der Waals surface area contributed by atoms with Gasteiger partial charge in [-0.3, -0.25) is 4.79 Å². The van der Waals surface area contributed by atoms with E-state index < -0.39 is 0 Å². The molecule has 19 heavy (non-hydrogen) atoms. The van der Waals surface area contributed by atoms with Crippen molar-refractivity contribution in [3.63, 3.8) is 0 Å². The Labute approximate surface area is 117 Å². The maximum atomic E-state index is 12.2. The molecule has 0 saturated heterocycles. The van der Waals surface area contributed by atoms with Gasteiger partial charge in [-0.2, -0.15) is 0 Å². The lowest BCUT2D eigenvalue weighted by atomic mass is 10.1. The molecule has 4 heteroatoms. The summed E-state index contributed by atoms with van der Waals surface area (Å²) in [6.07, 6.45) is 0. The number of nitrogens with zero attached hydrogens (tertiary/aromatic N) is 1. The Kier molecular flexibility index (Phi) is 4.07. The van der Waals surface area contributed by atoms with Crippen LogP contribution in [0.3, 0.4) is 0 Å². The maximum absolute atomic E-state index is 12.2. The van der Waals surface area contributed by atoms with Gasteiger partial charge in [0.15, 0.2) is 0 Å². The normalized spacial score (nSPS) is 10.2. The molecular formula is C15H15ClN2O. The van der Waals surface area contributed by atoms with Crippen LogP contribution in [0.5, 0.6) is 0 Å². The average molecular weight is 275 g/mol. The molecule has 0 atom stereocenters. The van der Waals surface area contributed by atoms with E-state index in [0.29, 0.717) is 22.8 Å². The van der Waals surface area contributed by atoms with Crippen molar-refractivity contribution in [2.24, 2.45) is 0 Å². The second kappa shape index (κ2) is 5.76. The van der Waals surface area contributed by atoms with Crippen LogP contribution in [0.1, 0.15) is 15.9 Å². The monoisotopic (exact) mass is 274 g/mol. The lowest BCUT2D eigenvalue weighted by molar-refractivity contribution is 0.0785. The van der Waals surface area contributed by atoms with Gasteiger partial charge in [0.05, 0.1) is 0 Å². The number of hydrogen-bond acceptors (Lipinski definition) is 2. The highest BCUT2D eigenvalue weighted by Gasteiger charge is 2.12. The van der Waals surface area contributed by atoms with Crippen LogP contribution in [0, 0.1) is 0 Å². The molecule has 0 heterocycles. The number of hydrogen-bond donors (Lipinski definition) is 1. The first-order chi connectivity index (χ1) is 9.08. The van der Waals surface area contributed by atoms with Crippen molar-refractivity contribution in [2.75, 3.05) is 12.8 Å². The van der Waals surface area contributed by atoms with E-state index in [1.54, 1.807) is 36.2 Å². The smallest absolute Gasteiger partial charge is 0.253 e. The molecule has 0 saturated carbocycles. The number of anilines is 1. The summed E-state index contributed by atoms with van der Waals surface area (Å²) in [5.41, 5.74) is 7.79. The molecule has 2 rings (SSSR count). The van der Waals surface area contributed by atoms with E-state index in [4.69, 9.17) is 17.3 Å². The third-order valence-corrected chi connectivity index (χ3v) is 3.24. The summed E-state index contributed by atoms with van der Waals surface area (Å²) in [5, 5.41) is 0.666. The summed E-state index contributed by atoms with van der Waals surface area (Å²) in [6, 6.07) is 14.4. The van der Waals surface area contributed by atoms with Gasteiger partial charge in [0.25, 0.3) is 5.91 Å². The molecule has 0 radical (unpaired) electrons. The number of nitrogen functional groups attached to an aromatic ring is 1. The molecule has 0 bridgehead atoms. The number of carbonyl (C=O) groups is 1. The Hall–Kier alpha value is -2.00. The quantitative estimate of drug-likeness (QED) is 0.874. The van der Waals surface area contributed by atoms with Crippen LogP contribution in [-0.4, -0.2) is 17.9 Å². The van der Waals surface area contributed by atoms with Crippen LogP contribution in [0.25, 0.3) is 0 Å². The number of amides is 1. The first-order valence-electron chi connectivity index (χ1n) is 5.92. The molecule has 1 amide bonds. The minimum absolute atomic E-state index is 0.0556. The van der Waals surface area contributed by atoms with Gasteiger partial charge in [0.2, 0.25) is 0 Å². The summed E-state index contributed by atoms with van der Waals surface area (Å²) in [4.78, 5) is 13.8. The predicted octanol–water partition coefficient (Wildman–Crippen LogP) is 3.19. The highest BCUT2D eigenvalue weighted by atomic mass is 35.5. The second-order valence-corrected chi connectivity index (χ2v) is 4.78. The van der Waals surface area contributed by atoms with Crippen molar-refractivity contribution >= 4 is 23.2 Å². The van der Waals surface area contributed by atoms with Crippen LogP contribution in [0.4, 0.5) is 5.69 Å². The van der Waals surface area contributed by atoms with Gasteiger partial charge in [-0.1, -0.05) is 29.8 Å². The second-order valence-electron chi connectivity index (χ2n) is 4.37. The Bertz CT molecular complexity index is 581. The molecule has 0 fully saturated rings. The van der Waals surface area contributed by atoms with Gasteiger partial charge in [-0.25, -0.2) is 0 Å². The van der Waals surface area contributed by atoms with Gasteiger partial charge in [0, 0.05) is 29.9 Å². The summed E-state index contributed by atoms with van der Waals surface area (Å²) in [6.45, 7) is 0.475. The fraction of sp³-hybridized carbons (Fsp3) is 0.133. The summed E-state index contributed by atoms with van der Waals surface area (Å²) < 4.78 is 0. The standard InChI is InChI=1S/C15H15ClN2O/c1-18(10-12-4-2-3-5-14(12)16)15(19)11-6-8-13(17)9-7-11/h2-9H,10,17H2,1H3. The van der Waals surface area contributed by atoms with E-state index in [2.05, 4.69) is 0 Å². The lowest BCUT2D eigenvalue weighted by Crippen LogP contribution is -2.26. The Morgan fingerprint density at radius 3 is 2.42 bits per heavy atom. The Morgan fingerprint density at radius 2 is 1.79 bits per heavy atom. The number of halogens is 1. The maximum Gasteiger partial charge on any atom is 0.253 e. The van der Waals surface area contributed by atoms with Crippen molar-refractivity contribution in [2.45, 2.75) is 6.54 Å². The van der Waals surface area contributed by atoms with Crippen molar-refractivity contribution in [3.8, 4) is 0 Å². The average Bonchev–Trinajstić information content (AvgIpc) is 2.41. The van der Waals surface area contributed by atoms with Crippen LogP contribution in [-0.2, 0) is 6.54 Å². The van der Waals surface area contributed by atoms with Gasteiger partial charge in [-0.05, 0) is 35.9 Å². The van der Waals surface area contributed by atoms with Gasteiger partial charge >= 0.3 is 0 Å². The zero-order chi connectivity index (χ0) is 13.8. The minimum Gasteiger partial charge on any atom is -0.399 e. The van der Waals surface area contributed by atoms with Crippen LogP contribution >= 0.6 is 11.6 Å². The molecule has 2 aromatic carbocycles. The fourth-order valence-corrected chi connectivity index (χ4v) is 2.00. The van der Waals surface area contributed by atoms with E-state index in [9.17, 15) is 4.79 Å². The molecule has 2 N–H and O–H groups in total. The number of nitrogens with two attached hydrogens (primary N) is 1. The zero-order valence-electron chi connectivity index (χ0n) is 10.6. The van der Waals surface area contributed by atoms with Crippen molar-refractivity contribution < 1.29 is 4.79 Å². The van der Waals surface area contributed by atoms with Crippen LogP contribution in [0.2, 0.25) is 5.02 Å². The first-order valence-corrected chi connectivity index (χ1v) is 6.30. The van der Waals surface area contributed by atoms with Gasteiger partial charge in [0.1, 0.15) is 0 Å². The van der Waals surface area contributed by atoms with Crippen molar-refractivity contribution in [1.82, 2.24) is 4.90 Å². The Morgan fingerprint density at radius 1 is 1.16 bits per heavy atom. The molecular weight excluding hydrogens is 260 g/mol. The van der Waals surface area contributed by atoms with E-state index >= 15 is 0 Å². The predicted molar refractivity (Wildman–Crippen MR) is 78.1 cm³/mol. The van der Waals surface area contributed by atoms with Gasteiger partial charge in [-0.15, -0.1) is 0 Å². The molecule has 0 unspecified atom stereocenters. The summed E-state index contributed by atoms with van der Waals surface area (Å²) in [5.74, 6) is -0.0556. The highest BCUT2D eigenvalue weighted by molar-refractivity contribution is 6.31. The third kappa shape index (κ3) is 3.26. The molecule has 0 spiro atoms. The number of rotatable bonds is 3. The van der Waals surface area contributed by atoms with E-state index in [-0.39, 0.29) is 5.91 Å². The van der Waals surface area contributed by atoms with Crippen molar-refractivity contribution in [3.05, 3.63) is 64.7 Å². The molecule has 2 aromatic rings. The number of carbonyl (C=O) groups excluding carboxylic acids is 1. The third-order valence-electron chi connectivity index (χ3n) is 2.87. The largest absolute Gasteiger partial charge is 0.399 e. The van der Waals surface area contributed by atoms with E-state index in [1.165, 1.54) is 0 Å². The lowest BCUT2D eigenvalue weighted by Gasteiger charge is -2.18. The Balaban J connectivity index is 2.12. The van der Waals surface area contributed by atoms with E-state index in [1.807, 2.05) is 24.3 Å². The van der Waals surface area contributed by atoms with Gasteiger partial charge < -0.3 is 10.6 Å². The zero-order valence-corrected chi connectivity index (χ0v) is 11.4. The van der Waals surface area contributed by atoms with Crippen molar-refractivity contribution in [1.29, 1.82) is 0 Å². The molecule has 0 aliphatic rings. The topological polar surface area (TPSA) is 46.3 Å².